The highest BCUT2D eigenvalue weighted by molar-refractivity contribution is 5.54. The molecular formula is C10H14N2O. The van der Waals surface area contributed by atoms with Crippen LogP contribution >= 0.6 is 0 Å². The maximum atomic E-state index is 10.2. The second-order valence-electron chi connectivity index (χ2n) is 4.04. The quantitative estimate of drug-likeness (QED) is 0.645. The molecule has 0 amide bonds. The summed E-state index contributed by atoms with van der Waals surface area (Å²) in [6.45, 7) is 6.17. The standard InChI is InChI=1S/C10H14N2O/c1-10(2,3)9-11-6-8(4-5-13)7-12-9/h5-7H,4H2,1-3H3. The lowest BCUT2D eigenvalue weighted by Gasteiger charge is -2.15. The van der Waals surface area contributed by atoms with Crippen molar-refractivity contribution in [2.24, 2.45) is 0 Å². The summed E-state index contributed by atoms with van der Waals surface area (Å²) in [5, 5.41) is 0. The minimum atomic E-state index is -0.0281. The van der Waals surface area contributed by atoms with E-state index in [-0.39, 0.29) is 5.41 Å². The molecule has 0 saturated carbocycles. The summed E-state index contributed by atoms with van der Waals surface area (Å²) in [6.07, 6.45) is 4.67. The summed E-state index contributed by atoms with van der Waals surface area (Å²) in [5.41, 5.74) is 0.836. The zero-order chi connectivity index (χ0) is 9.90. The fraction of sp³-hybridized carbons (Fsp3) is 0.500. The van der Waals surface area contributed by atoms with Crippen LogP contribution in [0.5, 0.6) is 0 Å². The van der Waals surface area contributed by atoms with Crippen LogP contribution in [0.2, 0.25) is 0 Å². The lowest BCUT2D eigenvalue weighted by atomic mass is 9.96. The predicted molar refractivity (Wildman–Crippen MR) is 50.5 cm³/mol. The third kappa shape index (κ3) is 2.61. The molecule has 0 aliphatic carbocycles. The number of hydrogen-bond acceptors (Lipinski definition) is 3. The average Bonchev–Trinajstić information content (AvgIpc) is 2.04. The highest BCUT2D eigenvalue weighted by Crippen LogP contribution is 2.16. The Balaban J connectivity index is 2.87. The van der Waals surface area contributed by atoms with Gasteiger partial charge in [0.15, 0.2) is 0 Å². The Morgan fingerprint density at radius 1 is 1.31 bits per heavy atom. The number of aromatic nitrogens is 2. The molecule has 1 aromatic heterocycles. The van der Waals surface area contributed by atoms with Gasteiger partial charge in [-0.25, -0.2) is 9.97 Å². The van der Waals surface area contributed by atoms with Gasteiger partial charge in [-0.1, -0.05) is 20.8 Å². The van der Waals surface area contributed by atoms with E-state index < -0.39 is 0 Å². The first kappa shape index (κ1) is 9.84. The Labute approximate surface area is 78.2 Å². The van der Waals surface area contributed by atoms with E-state index in [1.54, 1.807) is 12.4 Å². The van der Waals surface area contributed by atoms with Crippen molar-refractivity contribution < 1.29 is 4.79 Å². The van der Waals surface area contributed by atoms with Gasteiger partial charge >= 0.3 is 0 Å². The number of nitrogens with zero attached hydrogens (tertiary/aromatic N) is 2. The summed E-state index contributed by atoms with van der Waals surface area (Å²) in [5.74, 6) is 0.808. The lowest BCUT2D eigenvalue weighted by Crippen LogP contribution is -2.15. The highest BCUT2D eigenvalue weighted by atomic mass is 16.1. The monoisotopic (exact) mass is 178 g/mol. The largest absolute Gasteiger partial charge is 0.303 e. The molecular weight excluding hydrogens is 164 g/mol. The van der Waals surface area contributed by atoms with Crippen molar-refractivity contribution in [2.45, 2.75) is 32.6 Å². The average molecular weight is 178 g/mol. The van der Waals surface area contributed by atoms with E-state index in [4.69, 9.17) is 0 Å². The fourth-order valence-corrected chi connectivity index (χ4v) is 0.944. The first-order chi connectivity index (χ1) is 6.04. The van der Waals surface area contributed by atoms with E-state index in [2.05, 4.69) is 30.7 Å². The van der Waals surface area contributed by atoms with Crippen LogP contribution < -0.4 is 0 Å². The molecule has 0 saturated heterocycles. The van der Waals surface area contributed by atoms with Crippen LogP contribution in [0, 0.1) is 0 Å². The van der Waals surface area contributed by atoms with Gasteiger partial charge in [-0.3, -0.25) is 0 Å². The normalized spacial score (nSPS) is 11.3. The SMILES string of the molecule is CC(C)(C)c1ncc(CC=O)cn1. The highest BCUT2D eigenvalue weighted by Gasteiger charge is 2.16. The maximum absolute atomic E-state index is 10.2. The summed E-state index contributed by atoms with van der Waals surface area (Å²) in [7, 11) is 0. The predicted octanol–water partition coefficient (Wildman–Crippen LogP) is 1.52. The van der Waals surface area contributed by atoms with E-state index in [1.807, 2.05) is 0 Å². The molecule has 0 aliphatic heterocycles. The summed E-state index contributed by atoms with van der Waals surface area (Å²) >= 11 is 0. The molecule has 1 heterocycles. The Kier molecular flexibility index (Phi) is 2.76. The molecule has 0 aliphatic rings. The minimum absolute atomic E-state index is 0.0281. The van der Waals surface area contributed by atoms with Gasteiger partial charge in [-0.15, -0.1) is 0 Å². The van der Waals surface area contributed by atoms with Gasteiger partial charge in [-0.05, 0) is 5.56 Å². The molecule has 1 rings (SSSR count). The molecule has 0 atom stereocenters. The van der Waals surface area contributed by atoms with Crippen molar-refractivity contribution >= 4 is 6.29 Å². The van der Waals surface area contributed by atoms with Crippen LogP contribution in [0.15, 0.2) is 12.4 Å². The Hall–Kier alpha value is -1.25. The maximum Gasteiger partial charge on any atom is 0.133 e. The molecule has 0 radical (unpaired) electrons. The van der Waals surface area contributed by atoms with Gasteiger partial charge in [0.25, 0.3) is 0 Å². The molecule has 70 valence electrons. The van der Waals surface area contributed by atoms with E-state index in [1.165, 1.54) is 0 Å². The number of carbonyl (C=O) groups excluding carboxylic acids is 1. The zero-order valence-electron chi connectivity index (χ0n) is 8.24. The second-order valence-corrected chi connectivity index (χ2v) is 4.04. The van der Waals surface area contributed by atoms with E-state index >= 15 is 0 Å². The van der Waals surface area contributed by atoms with Gasteiger partial charge in [0.05, 0.1) is 0 Å². The third-order valence-corrected chi connectivity index (χ3v) is 1.70. The van der Waals surface area contributed by atoms with E-state index in [9.17, 15) is 4.79 Å². The van der Waals surface area contributed by atoms with Crippen molar-refractivity contribution in [1.29, 1.82) is 0 Å². The van der Waals surface area contributed by atoms with Crippen LogP contribution in [0.3, 0.4) is 0 Å². The van der Waals surface area contributed by atoms with Crippen molar-refractivity contribution in [2.75, 3.05) is 0 Å². The Morgan fingerprint density at radius 2 is 1.85 bits per heavy atom. The first-order valence-electron chi connectivity index (χ1n) is 4.29. The fourth-order valence-electron chi connectivity index (χ4n) is 0.944. The zero-order valence-corrected chi connectivity index (χ0v) is 8.24. The molecule has 0 spiro atoms. The number of carbonyl (C=O) groups is 1. The number of rotatable bonds is 2. The molecule has 3 nitrogen and oxygen atoms in total. The molecule has 0 aromatic carbocycles. The van der Waals surface area contributed by atoms with Gasteiger partial charge in [0, 0.05) is 24.2 Å². The summed E-state index contributed by atoms with van der Waals surface area (Å²) in [4.78, 5) is 18.6. The van der Waals surface area contributed by atoms with Gasteiger partial charge in [-0.2, -0.15) is 0 Å². The van der Waals surface area contributed by atoms with Gasteiger partial charge in [0.1, 0.15) is 12.1 Å². The van der Waals surface area contributed by atoms with Crippen LogP contribution in [-0.4, -0.2) is 16.3 Å². The lowest BCUT2D eigenvalue weighted by molar-refractivity contribution is -0.107. The van der Waals surface area contributed by atoms with E-state index in [0.29, 0.717) is 6.42 Å². The van der Waals surface area contributed by atoms with Crippen LogP contribution in [0.1, 0.15) is 32.2 Å². The van der Waals surface area contributed by atoms with Crippen molar-refractivity contribution in [3.05, 3.63) is 23.8 Å². The van der Waals surface area contributed by atoms with Crippen LogP contribution in [0.4, 0.5) is 0 Å². The Bertz CT molecular complexity index is 285. The number of hydrogen-bond donors (Lipinski definition) is 0. The van der Waals surface area contributed by atoms with Crippen LogP contribution in [-0.2, 0) is 16.6 Å². The molecule has 13 heavy (non-hydrogen) atoms. The summed E-state index contributed by atoms with van der Waals surface area (Å²) in [6, 6.07) is 0. The van der Waals surface area contributed by atoms with Crippen molar-refractivity contribution in [3.63, 3.8) is 0 Å². The smallest absolute Gasteiger partial charge is 0.133 e. The number of aldehydes is 1. The van der Waals surface area contributed by atoms with E-state index in [0.717, 1.165) is 17.7 Å². The first-order valence-corrected chi connectivity index (χ1v) is 4.29. The molecule has 1 aromatic rings. The third-order valence-electron chi connectivity index (χ3n) is 1.70. The topological polar surface area (TPSA) is 42.9 Å². The Morgan fingerprint density at radius 3 is 2.23 bits per heavy atom. The molecule has 3 heteroatoms. The molecule has 0 bridgehead atoms. The molecule has 0 fully saturated rings. The minimum Gasteiger partial charge on any atom is -0.303 e. The second kappa shape index (κ2) is 3.64. The van der Waals surface area contributed by atoms with Gasteiger partial charge < -0.3 is 4.79 Å². The summed E-state index contributed by atoms with van der Waals surface area (Å²) < 4.78 is 0. The van der Waals surface area contributed by atoms with Crippen molar-refractivity contribution in [1.82, 2.24) is 9.97 Å². The van der Waals surface area contributed by atoms with Crippen LogP contribution in [0.25, 0.3) is 0 Å². The molecule has 0 unspecified atom stereocenters. The molecule has 0 N–H and O–H groups in total. The van der Waals surface area contributed by atoms with Gasteiger partial charge in [0.2, 0.25) is 0 Å². The van der Waals surface area contributed by atoms with Crippen molar-refractivity contribution in [3.8, 4) is 0 Å².